The van der Waals surface area contributed by atoms with E-state index in [1.54, 1.807) is 6.92 Å². The first-order chi connectivity index (χ1) is 9.73. The summed E-state index contributed by atoms with van der Waals surface area (Å²) in [6.07, 6.45) is -5.27. The van der Waals surface area contributed by atoms with Gasteiger partial charge in [-0.2, -0.15) is 13.2 Å². The fraction of sp³-hybridized carbons (Fsp3) is 0.462. The largest absolute Gasteiger partial charge is 0.390 e. The Bertz CT molecular complexity index is 499. The summed E-state index contributed by atoms with van der Waals surface area (Å²) in [6.45, 7) is 1.24. The maximum atomic E-state index is 13.6. The van der Waals surface area contributed by atoms with Crippen molar-refractivity contribution >= 4 is 5.96 Å². The fourth-order valence-corrected chi connectivity index (χ4v) is 1.65. The van der Waals surface area contributed by atoms with Crippen LogP contribution in [0, 0.1) is 11.6 Å². The third-order valence-electron chi connectivity index (χ3n) is 2.71. The van der Waals surface area contributed by atoms with E-state index >= 15 is 0 Å². The Morgan fingerprint density at radius 2 is 1.95 bits per heavy atom. The summed E-state index contributed by atoms with van der Waals surface area (Å²) < 4.78 is 62.5. The van der Waals surface area contributed by atoms with E-state index in [2.05, 4.69) is 15.6 Å². The van der Waals surface area contributed by atoms with Crippen LogP contribution in [-0.2, 0) is 0 Å². The second kappa shape index (κ2) is 7.24. The van der Waals surface area contributed by atoms with Crippen molar-refractivity contribution in [3.05, 3.63) is 35.4 Å². The van der Waals surface area contributed by atoms with Crippen molar-refractivity contribution in [3.63, 3.8) is 0 Å². The molecule has 1 unspecified atom stereocenters. The van der Waals surface area contributed by atoms with E-state index in [1.165, 1.54) is 13.1 Å². The van der Waals surface area contributed by atoms with Crippen molar-refractivity contribution in [2.75, 3.05) is 13.6 Å². The van der Waals surface area contributed by atoms with Gasteiger partial charge in [0.05, 0.1) is 12.5 Å². The molecule has 0 aliphatic carbocycles. The summed E-state index contributed by atoms with van der Waals surface area (Å²) in [5, 5.41) is 5.22. The number of guanidine groups is 1. The Balaban J connectivity index is 2.60. The number of hydrogen-bond donors (Lipinski definition) is 2. The molecule has 3 nitrogen and oxygen atoms in total. The summed E-state index contributed by atoms with van der Waals surface area (Å²) in [5.41, 5.74) is 0.190. The maximum Gasteiger partial charge on any atom is 0.390 e. The molecule has 0 saturated heterocycles. The molecular formula is C13H16F5N3. The first-order valence-electron chi connectivity index (χ1n) is 6.22. The molecule has 0 radical (unpaired) electrons. The van der Waals surface area contributed by atoms with E-state index in [0.717, 1.165) is 12.1 Å². The van der Waals surface area contributed by atoms with Gasteiger partial charge < -0.3 is 10.6 Å². The average molecular weight is 309 g/mol. The zero-order chi connectivity index (χ0) is 16.0. The Labute approximate surface area is 119 Å². The minimum Gasteiger partial charge on any atom is -0.356 e. The lowest BCUT2D eigenvalue weighted by Crippen LogP contribution is -2.40. The molecule has 1 aromatic rings. The van der Waals surface area contributed by atoms with Crippen LogP contribution in [0.1, 0.15) is 24.9 Å². The normalized spacial score (nSPS) is 14.0. The van der Waals surface area contributed by atoms with Gasteiger partial charge in [0.1, 0.15) is 11.6 Å². The number of halogens is 5. The number of nitrogens with zero attached hydrogens (tertiary/aromatic N) is 1. The molecule has 0 heterocycles. The number of alkyl halides is 3. The lowest BCUT2D eigenvalue weighted by atomic mass is 10.1. The highest BCUT2D eigenvalue weighted by Crippen LogP contribution is 2.19. The molecule has 1 atom stereocenters. The van der Waals surface area contributed by atoms with E-state index in [9.17, 15) is 22.0 Å². The molecule has 0 spiro atoms. The second-order valence-electron chi connectivity index (χ2n) is 4.40. The zero-order valence-corrected chi connectivity index (χ0v) is 11.6. The molecule has 1 aromatic carbocycles. The standard InChI is InChI=1S/C13H16F5N3/c1-8(10-4-3-9(14)7-11(10)15)21-12(19-2)20-6-5-13(16,17)18/h3-4,7-8H,5-6H2,1-2H3,(H2,19,20,21). The lowest BCUT2D eigenvalue weighted by molar-refractivity contribution is -0.132. The minimum atomic E-state index is -4.26. The zero-order valence-electron chi connectivity index (χ0n) is 11.6. The molecule has 2 N–H and O–H groups in total. The molecule has 21 heavy (non-hydrogen) atoms. The second-order valence-corrected chi connectivity index (χ2v) is 4.40. The monoisotopic (exact) mass is 309 g/mol. The van der Waals surface area contributed by atoms with Gasteiger partial charge in [-0.25, -0.2) is 8.78 Å². The van der Waals surface area contributed by atoms with E-state index in [-0.39, 0.29) is 18.1 Å². The number of nitrogens with one attached hydrogen (secondary N) is 2. The first kappa shape index (κ1) is 17.2. The molecule has 0 aliphatic rings. The fourth-order valence-electron chi connectivity index (χ4n) is 1.65. The molecule has 0 saturated carbocycles. The summed E-state index contributed by atoms with van der Waals surface area (Å²) in [7, 11) is 1.39. The number of rotatable bonds is 4. The van der Waals surface area contributed by atoms with E-state index < -0.39 is 30.3 Å². The Kier molecular flexibility index (Phi) is 5.92. The van der Waals surface area contributed by atoms with Crippen LogP contribution >= 0.6 is 0 Å². The van der Waals surface area contributed by atoms with Crippen LogP contribution in [0.4, 0.5) is 22.0 Å². The summed E-state index contributed by atoms with van der Waals surface area (Å²) >= 11 is 0. The van der Waals surface area contributed by atoms with Gasteiger partial charge >= 0.3 is 6.18 Å². The quantitative estimate of drug-likeness (QED) is 0.509. The highest BCUT2D eigenvalue weighted by molar-refractivity contribution is 5.80. The van der Waals surface area contributed by atoms with Crippen LogP contribution in [0.3, 0.4) is 0 Å². The maximum absolute atomic E-state index is 13.6. The van der Waals surface area contributed by atoms with Gasteiger partial charge in [0, 0.05) is 25.2 Å². The summed E-state index contributed by atoms with van der Waals surface area (Å²) in [6, 6.07) is 2.54. The van der Waals surface area contributed by atoms with Gasteiger partial charge in [0.25, 0.3) is 0 Å². The molecule has 1 rings (SSSR count). The van der Waals surface area contributed by atoms with Gasteiger partial charge in [-0.05, 0) is 13.0 Å². The van der Waals surface area contributed by atoms with Crippen molar-refractivity contribution in [1.29, 1.82) is 0 Å². The number of benzene rings is 1. The van der Waals surface area contributed by atoms with Crippen LogP contribution in [0.15, 0.2) is 23.2 Å². The highest BCUT2D eigenvalue weighted by atomic mass is 19.4. The average Bonchev–Trinajstić information content (AvgIpc) is 2.35. The third-order valence-corrected chi connectivity index (χ3v) is 2.71. The van der Waals surface area contributed by atoms with Crippen LogP contribution in [0.5, 0.6) is 0 Å². The summed E-state index contributed by atoms with van der Waals surface area (Å²) in [4.78, 5) is 3.75. The predicted molar refractivity (Wildman–Crippen MR) is 69.9 cm³/mol. The van der Waals surface area contributed by atoms with Gasteiger partial charge in [0.2, 0.25) is 0 Å². The van der Waals surface area contributed by atoms with Gasteiger partial charge in [-0.15, -0.1) is 0 Å². The number of aliphatic imine (C=N–C) groups is 1. The smallest absolute Gasteiger partial charge is 0.356 e. The molecule has 0 bridgehead atoms. The molecule has 118 valence electrons. The summed E-state index contributed by atoms with van der Waals surface area (Å²) in [5.74, 6) is -1.33. The van der Waals surface area contributed by atoms with Crippen LogP contribution in [0.25, 0.3) is 0 Å². The van der Waals surface area contributed by atoms with Crippen LogP contribution < -0.4 is 10.6 Å². The highest BCUT2D eigenvalue weighted by Gasteiger charge is 2.26. The molecular weight excluding hydrogens is 293 g/mol. The van der Waals surface area contributed by atoms with E-state index in [0.29, 0.717) is 0 Å². The van der Waals surface area contributed by atoms with Gasteiger partial charge in [-0.3, -0.25) is 4.99 Å². The topological polar surface area (TPSA) is 36.4 Å². The molecule has 0 aromatic heterocycles. The molecule has 0 amide bonds. The molecule has 8 heteroatoms. The first-order valence-corrected chi connectivity index (χ1v) is 6.22. The van der Waals surface area contributed by atoms with Crippen molar-refractivity contribution < 1.29 is 22.0 Å². The van der Waals surface area contributed by atoms with E-state index in [1.807, 2.05) is 0 Å². The van der Waals surface area contributed by atoms with Crippen LogP contribution in [-0.4, -0.2) is 25.7 Å². The minimum absolute atomic E-state index is 0.107. The Morgan fingerprint density at radius 1 is 1.29 bits per heavy atom. The SMILES string of the molecule is CN=C(NCCC(F)(F)F)NC(C)c1ccc(F)cc1F. The Hall–Kier alpha value is -1.86. The van der Waals surface area contributed by atoms with Crippen molar-refractivity contribution in [2.45, 2.75) is 25.6 Å². The van der Waals surface area contributed by atoms with Crippen molar-refractivity contribution in [2.24, 2.45) is 4.99 Å². The number of hydrogen-bond acceptors (Lipinski definition) is 1. The van der Waals surface area contributed by atoms with Crippen molar-refractivity contribution in [1.82, 2.24) is 10.6 Å². The predicted octanol–water partition coefficient (Wildman–Crippen LogP) is 3.14. The molecule has 0 aliphatic heterocycles. The van der Waals surface area contributed by atoms with Crippen LogP contribution in [0.2, 0.25) is 0 Å². The van der Waals surface area contributed by atoms with Gasteiger partial charge in [0.15, 0.2) is 5.96 Å². The Morgan fingerprint density at radius 3 is 2.48 bits per heavy atom. The van der Waals surface area contributed by atoms with E-state index in [4.69, 9.17) is 0 Å². The van der Waals surface area contributed by atoms with Crippen molar-refractivity contribution in [3.8, 4) is 0 Å². The molecule has 0 fully saturated rings. The third kappa shape index (κ3) is 5.97. The lowest BCUT2D eigenvalue weighted by Gasteiger charge is -2.19. The van der Waals surface area contributed by atoms with Gasteiger partial charge in [-0.1, -0.05) is 6.07 Å².